The van der Waals surface area contributed by atoms with Gasteiger partial charge in [0.1, 0.15) is 0 Å². The lowest BCUT2D eigenvalue weighted by atomic mass is 10.0. The van der Waals surface area contributed by atoms with Gasteiger partial charge in [-0.3, -0.25) is 0 Å². The molecule has 6 heteroatoms. The molecule has 2 N–H and O–H groups in total. The van der Waals surface area contributed by atoms with Crippen LogP contribution >= 0.6 is 0 Å². The summed E-state index contributed by atoms with van der Waals surface area (Å²) >= 11 is 0. The van der Waals surface area contributed by atoms with E-state index in [1.165, 1.54) is 0 Å². The predicted molar refractivity (Wildman–Crippen MR) is 58.5 cm³/mol. The summed E-state index contributed by atoms with van der Waals surface area (Å²) in [6.45, 7) is 2.13. The molecule has 3 nitrogen and oxygen atoms in total. The molecule has 0 aliphatic carbocycles. The Balaban J connectivity index is 2.21. The van der Waals surface area contributed by atoms with E-state index in [1.54, 1.807) is 6.92 Å². The highest BCUT2D eigenvalue weighted by Gasteiger charge is 2.27. The minimum absolute atomic E-state index is 0.216. The van der Waals surface area contributed by atoms with Gasteiger partial charge in [-0.15, -0.1) is 0 Å². The fourth-order valence-corrected chi connectivity index (χ4v) is 1.91. The fraction of sp³-hybridized carbons (Fsp3) is 0.500. The van der Waals surface area contributed by atoms with Crippen LogP contribution in [0.5, 0.6) is 0 Å². The Morgan fingerprint density at radius 1 is 1.28 bits per heavy atom. The molecule has 1 aromatic carbocycles. The van der Waals surface area contributed by atoms with Crippen LogP contribution in [0.15, 0.2) is 12.1 Å². The third-order valence-electron chi connectivity index (χ3n) is 2.99. The highest BCUT2D eigenvalue weighted by atomic mass is 19.2. The first-order valence-electron chi connectivity index (χ1n) is 5.65. The molecule has 1 aliphatic heterocycles. The summed E-state index contributed by atoms with van der Waals surface area (Å²) in [5.74, 6) is -3.94. The Morgan fingerprint density at radius 3 is 2.44 bits per heavy atom. The highest BCUT2D eigenvalue weighted by Crippen LogP contribution is 2.22. The van der Waals surface area contributed by atoms with E-state index in [4.69, 9.17) is 4.74 Å². The summed E-state index contributed by atoms with van der Waals surface area (Å²) in [7, 11) is 0. The average Bonchev–Trinajstić information content (AvgIpc) is 2.35. The number of rotatable bonds is 2. The van der Waals surface area contributed by atoms with Crippen LogP contribution in [-0.2, 0) is 4.74 Å². The number of aliphatic hydroxyl groups is 1. The molecule has 3 atom stereocenters. The van der Waals surface area contributed by atoms with Crippen molar-refractivity contribution in [2.24, 2.45) is 0 Å². The number of ether oxygens (including phenoxy) is 1. The Kier molecular flexibility index (Phi) is 3.89. The summed E-state index contributed by atoms with van der Waals surface area (Å²) in [5.41, 5.74) is 0.261. The fourth-order valence-electron chi connectivity index (χ4n) is 1.91. The second-order valence-electron chi connectivity index (χ2n) is 4.40. The zero-order valence-electron chi connectivity index (χ0n) is 9.79. The van der Waals surface area contributed by atoms with Gasteiger partial charge in [0.05, 0.1) is 31.4 Å². The first-order chi connectivity index (χ1) is 8.49. The number of halogens is 3. The van der Waals surface area contributed by atoms with Crippen molar-refractivity contribution >= 4 is 0 Å². The molecule has 0 amide bonds. The standard InChI is InChI=1S/C12H14F3NO2/c1-6(17)10-4-18-5-11(16-10)7-2-8(13)12(15)9(14)3-7/h2-3,6,10-11,16-17H,4-5H2,1H3/t6?,10?,11-/m0/s1. The molecule has 0 radical (unpaired) electrons. The molecule has 2 unspecified atom stereocenters. The summed E-state index contributed by atoms with van der Waals surface area (Å²) < 4.78 is 44.3. The van der Waals surface area contributed by atoms with Crippen LogP contribution < -0.4 is 5.32 Å². The maximum absolute atomic E-state index is 13.1. The third kappa shape index (κ3) is 2.66. The largest absolute Gasteiger partial charge is 0.392 e. The zero-order valence-corrected chi connectivity index (χ0v) is 9.79. The van der Waals surface area contributed by atoms with Crippen LogP contribution in [0.25, 0.3) is 0 Å². The topological polar surface area (TPSA) is 41.5 Å². The minimum Gasteiger partial charge on any atom is -0.392 e. The van der Waals surface area contributed by atoms with Crippen molar-refractivity contribution in [1.29, 1.82) is 0 Å². The summed E-state index contributed by atoms with van der Waals surface area (Å²) in [5, 5.41) is 12.5. The monoisotopic (exact) mass is 261 g/mol. The van der Waals surface area contributed by atoms with Crippen LogP contribution in [-0.4, -0.2) is 30.5 Å². The van der Waals surface area contributed by atoms with Crippen molar-refractivity contribution in [2.75, 3.05) is 13.2 Å². The van der Waals surface area contributed by atoms with Gasteiger partial charge in [-0.05, 0) is 24.6 Å². The highest BCUT2D eigenvalue weighted by molar-refractivity contribution is 5.23. The van der Waals surface area contributed by atoms with Gasteiger partial charge in [-0.1, -0.05) is 0 Å². The van der Waals surface area contributed by atoms with E-state index >= 15 is 0 Å². The van der Waals surface area contributed by atoms with Gasteiger partial charge in [0, 0.05) is 0 Å². The lowest BCUT2D eigenvalue weighted by molar-refractivity contribution is 0.00106. The molecule has 1 fully saturated rings. The number of hydrogen-bond donors (Lipinski definition) is 2. The third-order valence-corrected chi connectivity index (χ3v) is 2.99. The van der Waals surface area contributed by atoms with Crippen molar-refractivity contribution in [1.82, 2.24) is 5.32 Å². The number of aliphatic hydroxyl groups excluding tert-OH is 1. The van der Waals surface area contributed by atoms with E-state index in [1.807, 2.05) is 0 Å². The lowest BCUT2D eigenvalue weighted by Gasteiger charge is -2.33. The van der Waals surface area contributed by atoms with Crippen LogP contribution in [0.1, 0.15) is 18.5 Å². The van der Waals surface area contributed by atoms with Crippen LogP contribution in [0.4, 0.5) is 13.2 Å². The van der Waals surface area contributed by atoms with Crippen molar-refractivity contribution < 1.29 is 23.0 Å². The summed E-state index contributed by atoms with van der Waals surface area (Å²) in [4.78, 5) is 0. The molecule has 0 aromatic heterocycles. The van der Waals surface area contributed by atoms with Gasteiger partial charge in [0.25, 0.3) is 0 Å². The first kappa shape index (κ1) is 13.3. The molecule has 100 valence electrons. The second kappa shape index (κ2) is 5.26. The van der Waals surface area contributed by atoms with Crippen LogP contribution in [0.2, 0.25) is 0 Å². The van der Waals surface area contributed by atoms with E-state index in [9.17, 15) is 18.3 Å². The van der Waals surface area contributed by atoms with Gasteiger partial charge < -0.3 is 15.2 Å². The summed E-state index contributed by atoms with van der Waals surface area (Å²) in [6.07, 6.45) is -0.650. The molecule has 1 saturated heterocycles. The molecule has 1 aromatic rings. The lowest BCUT2D eigenvalue weighted by Crippen LogP contribution is -2.49. The average molecular weight is 261 g/mol. The van der Waals surface area contributed by atoms with E-state index in [0.717, 1.165) is 12.1 Å². The van der Waals surface area contributed by atoms with Crippen molar-refractivity contribution in [2.45, 2.75) is 25.1 Å². The first-order valence-corrected chi connectivity index (χ1v) is 5.65. The molecule has 1 aliphatic rings. The maximum Gasteiger partial charge on any atom is 0.194 e. The van der Waals surface area contributed by atoms with Gasteiger partial charge in [0.2, 0.25) is 0 Å². The van der Waals surface area contributed by atoms with Crippen LogP contribution in [0, 0.1) is 17.5 Å². The smallest absolute Gasteiger partial charge is 0.194 e. The van der Waals surface area contributed by atoms with E-state index in [2.05, 4.69) is 5.32 Å². The predicted octanol–water partition coefficient (Wildman–Crippen LogP) is 1.51. The number of hydrogen-bond acceptors (Lipinski definition) is 3. The second-order valence-corrected chi connectivity index (χ2v) is 4.40. The maximum atomic E-state index is 13.1. The number of benzene rings is 1. The molecular weight excluding hydrogens is 247 g/mol. The SMILES string of the molecule is CC(O)C1COC[C@@H](c2cc(F)c(F)c(F)c2)N1. The van der Waals surface area contributed by atoms with E-state index in [-0.39, 0.29) is 18.2 Å². The zero-order chi connectivity index (χ0) is 13.3. The van der Waals surface area contributed by atoms with E-state index < -0.39 is 29.6 Å². The van der Waals surface area contributed by atoms with Gasteiger partial charge in [-0.25, -0.2) is 13.2 Å². The Bertz CT molecular complexity index is 416. The van der Waals surface area contributed by atoms with Crippen molar-refractivity contribution in [3.63, 3.8) is 0 Å². The van der Waals surface area contributed by atoms with Gasteiger partial charge in [0.15, 0.2) is 17.5 Å². The number of morpholine rings is 1. The summed E-state index contributed by atoms with van der Waals surface area (Å²) in [6, 6.07) is 1.08. The Labute approximate surface area is 103 Å². The quantitative estimate of drug-likeness (QED) is 0.793. The molecule has 0 spiro atoms. The molecule has 0 saturated carbocycles. The molecule has 1 heterocycles. The van der Waals surface area contributed by atoms with Crippen LogP contribution in [0.3, 0.4) is 0 Å². The van der Waals surface area contributed by atoms with E-state index in [0.29, 0.717) is 6.61 Å². The molecular formula is C12H14F3NO2. The molecule has 18 heavy (non-hydrogen) atoms. The van der Waals surface area contributed by atoms with Crippen molar-refractivity contribution in [3.05, 3.63) is 35.1 Å². The Morgan fingerprint density at radius 2 is 1.89 bits per heavy atom. The minimum atomic E-state index is -1.48. The van der Waals surface area contributed by atoms with Crippen molar-refractivity contribution in [3.8, 4) is 0 Å². The molecule has 0 bridgehead atoms. The molecule has 2 rings (SSSR count). The normalized spacial score (nSPS) is 26.1. The number of nitrogens with one attached hydrogen (secondary N) is 1. The Hall–Kier alpha value is -1.11. The van der Waals surface area contributed by atoms with Gasteiger partial charge >= 0.3 is 0 Å². The van der Waals surface area contributed by atoms with Gasteiger partial charge in [-0.2, -0.15) is 0 Å².